The van der Waals surface area contributed by atoms with Gasteiger partial charge >= 0.3 is 0 Å². The van der Waals surface area contributed by atoms with Crippen molar-refractivity contribution in [3.05, 3.63) is 41.7 Å². The Morgan fingerprint density at radius 3 is 3.04 bits per heavy atom. The molecular weight excluding hydrogens is 336 g/mol. The smallest absolute Gasteiger partial charge is 0.178 e. The minimum absolute atomic E-state index is 0.544. The van der Waals surface area contributed by atoms with Crippen LogP contribution in [-0.2, 0) is 6.54 Å². The number of H-pyrrole nitrogens is 1. The summed E-state index contributed by atoms with van der Waals surface area (Å²) in [6.07, 6.45) is 5.67. The Bertz CT molecular complexity index is 1060. The van der Waals surface area contributed by atoms with E-state index in [-0.39, 0.29) is 0 Å². The minimum atomic E-state index is 0.544. The fourth-order valence-corrected chi connectivity index (χ4v) is 3.60. The van der Waals surface area contributed by atoms with Crippen LogP contribution >= 0.6 is 11.6 Å². The maximum atomic E-state index is 6.38. The van der Waals surface area contributed by atoms with E-state index in [4.69, 9.17) is 11.6 Å². The Kier molecular flexibility index (Phi) is 3.38. The minimum Gasteiger partial charge on any atom is -0.337 e. The topological polar surface area (TPSA) is 71.4 Å². The predicted octanol–water partition coefficient (Wildman–Crippen LogP) is 4.50. The van der Waals surface area contributed by atoms with E-state index in [1.165, 1.54) is 19.3 Å². The molecule has 3 heterocycles. The van der Waals surface area contributed by atoms with Crippen LogP contribution in [0.3, 0.4) is 0 Å². The molecule has 1 saturated carbocycles. The molecule has 0 atom stereocenters. The van der Waals surface area contributed by atoms with Crippen LogP contribution in [0.25, 0.3) is 21.9 Å². The Hall–Kier alpha value is -2.60. The number of pyridine rings is 1. The van der Waals surface area contributed by atoms with E-state index in [1.807, 2.05) is 28.9 Å². The first-order valence-electron chi connectivity index (χ1n) is 8.50. The molecule has 0 spiro atoms. The number of hydrogen-bond acceptors (Lipinski definition) is 4. The lowest BCUT2D eigenvalue weighted by atomic mass is 9.85. The van der Waals surface area contributed by atoms with E-state index in [1.54, 1.807) is 6.20 Å². The second-order valence-electron chi connectivity index (χ2n) is 6.60. The number of hydrogen-bond donors (Lipinski definition) is 2. The van der Waals surface area contributed by atoms with Crippen LogP contribution in [0.1, 0.15) is 19.3 Å². The quantitative estimate of drug-likeness (QED) is 0.567. The molecular formula is C18H17ClN6. The van der Waals surface area contributed by atoms with Gasteiger partial charge in [-0.2, -0.15) is 10.2 Å². The number of benzene rings is 1. The highest BCUT2D eigenvalue weighted by Gasteiger charge is 2.20. The summed E-state index contributed by atoms with van der Waals surface area (Å²) in [6.45, 7) is 0.948. The van der Waals surface area contributed by atoms with E-state index in [0.717, 1.165) is 40.1 Å². The van der Waals surface area contributed by atoms with Crippen molar-refractivity contribution in [1.29, 1.82) is 0 Å². The van der Waals surface area contributed by atoms with Gasteiger partial charge in [-0.15, -0.1) is 0 Å². The molecule has 1 aromatic carbocycles. The Morgan fingerprint density at radius 2 is 2.20 bits per heavy atom. The summed E-state index contributed by atoms with van der Waals surface area (Å²) >= 11 is 6.38. The molecule has 25 heavy (non-hydrogen) atoms. The first-order valence-corrected chi connectivity index (χ1v) is 8.88. The molecule has 2 N–H and O–H groups in total. The Balaban J connectivity index is 1.49. The number of aromatic amines is 1. The molecule has 0 bridgehead atoms. The largest absolute Gasteiger partial charge is 0.337 e. The highest BCUT2D eigenvalue weighted by Crippen LogP contribution is 2.32. The van der Waals surface area contributed by atoms with Gasteiger partial charge in [-0.25, -0.2) is 0 Å². The number of nitrogens with one attached hydrogen (secondary N) is 2. The van der Waals surface area contributed by atoms with Gasteiger partial charge in [-0.1, -0.05) is 18.0 Å². The van der Waals surface area contributed by atoms with Gasteiger partial charge in [-0.3, -0.25) is 14.8 Å². The van der Waals surface area contributed by atoms with Crippen molar-refractivity contribution < 1.29 is 0 Å². The molecule has 3 aromatic heterocycles. The average molecular weight is 353 g/mol. The summed E-state index contributed by atoms with van der Waals surface area (Å²) < 4.78 is 2.04. The lowest BCUT2D eigenvalue weighted by Gasteiger charge is -2.25. The molecule has 0 unspecified atom stereocenters. The normalized spacial score (nSPS) is 14.9. The molecule has 1 fully saturated rings. The van der Waals surface area contributed by atoms with E-state index in [9.17, 15) is 0 Å². The van der Waals surface area contributed by atoms with Crippen LogP contribution in [-0.4, -0.2) is 25.0 Å². The van der Waals surface area contributed by atoms with Gasteiger partial charge in [0.1, 0.15) is 5.52 Å². The van der Waals surface area contributed by atoms with Crippen molar-refractivity contribution in [2.75, 3.05) is 5.32 Å². The number of rotatable bonds is 4. The molecule has 1 aliphatic carbocycles. The summed E-state index contributed by atoms with van der Waals surface area (Å²) in [5.74, 6) is 1.44. The zero-order valence-electron chi connectivity index (χ0n) is 13.5. The van der Waals surface area contributed by atoms with E-state index < -0.39 is 0 Å². The number of aromatic nitrogens is 5. The predicted molar refractivity (Wildman–Crippen MR) is 99.3 cm³/mol. The molecule has 0 saturated heterocycles. The van der Waals surface area contributed by atoms with Gasteiger partial charge < -0.3 is 5.32 Å². The van der Waals surface area contributed by atoms with E-state index in [0.29, 0.717) is 11.0 Å². The average Bonchev–Trinajstić information content (AvgIpc) is 3.13. The molecule has 5 rings (SSSR count). The Morgan fingerprint density at radius 1 is 1.28 bits per heavy atom. The van der Waals surface area contributed by atoms with Crippen LogP contribution in [0.15, 0.2) is 36.5 Å². The zero-order valence-corrected chi connectivity index (χ0v) is 14.3. The maximum absolute atomic E-state index is 6.38. The van der Waals surface area contributed by atoms with Gasteiger partial charge in [0.25, 0.3) is 0 Å². The van der Waals surface area contributed by atoms with Crippen molar-refractivity contribution in [3.63, 3.8) is 0 Å². The summed E-state index contributed by atoms with van der Waals surface area (Å²) in [6, 6.07) is 9.95. The molecule has 1 aliphatic rings. The second-order valence-corrected chi connectivity index (χ2v) is 6.96. The van der Waals surface area contributed by atoms with Crippen LogP contribution in [0.5, 0.6) is 0 Å². The van der Waals surface area contributed by atoms with Crippen molar-refractivity contribution in [2.24, 2.45) is 5.92 Å². The van der Waals surface area contributed by atoms with Crippen LogP contribution in [0, 0.1) is 5.92 Å². The number of anilines is 2. The van der Waals surface area contributed by atoms with E-state index >= 15 is 0 Å². The van der Waals surface area contributed by atoms with E-state index in [2.05, 4.69) is 31.7 Å². The van der Waals surface area contributed by atoms with Crippen molar-refractivity contribution in [3.8, 4) is 0 Å². The van der Waals surface area contributed by atoms with Gasteiger partial charge in [-0.05, 0) is 49.1 Å². The zero-order chi connectivity index (χ0) is 16.8. The highest BCUT2D eigenvalue weighted by molar-refractivity contribution is 6.34. The maximum Gasteiger partial charge on any atom is 0.178 e. The summed E-state index contributed by atoms with van der Waals surface area (Å²) in [7, 11) is 0. The summed E-state index contributed by atoms with van der Waals surface area (Å²) in [4.78, 5) is 4.37. The SMILES string of the molecule is Clc1nn(CC2CCC2)c2ccc(Nc3n[nH]c4cccnc34)cc12. The number of nitrogens with zero attached hydrogens (tertiary/aromatic N) is 4. The van der Waals surface area contributed by atoms with Crippen molar-refractivity contribution in [1.82, 2.24) is 25.0 Å². The van der Waals surface area contributed by atoms with Crippen LogP contribution in [0.2, 0.25) is 5.15 Å². The third-order valence-electron chi connectivity index (χ3n) is 4.94. The van der Waals surface area contributed by atoms with Gasteiger partial charge in [0.2, 0.25) is 0 Å². The fourth-order valence-electron chi connectivity index (χ4n) is 3.35. The first kappa shape index (κ1) is 14.7. The van der Waals surface area contributed by atoms with Crippen molar-refractivity contribution >= 4 is 45.0 Å². The number of halogens is 1. The Labute approximate surface area is 149 Å². The standard InChI is InChI=1S/C18H17ClN6/c19-17-13-9-12(21-18-16-14(22-23-18)5-2-8-20-16)6-7-15(13)25(24-17)10-11-3-1-4-11/h2,5-9,11H,1,3-4,10H2,(H2,21,22,23). The lowest BCUT2D eigenvalue weighted by Crippen LogP contribution is -2.18. The highest BCUT2D eigenvalue weighted by atomic mass is 35.5. The lowest BCUT2D eigenvalue weighted by molar-refractivity contribution is 0.270. The molecule has 4 aromatic rings. The molecule has 7 heteroatoms. The third-order valence-corrected chi connectivity index (χ3v) is 5.22. The molecule has 6 nitrogen and oxygen atoms in total. The van der Waals surface area contributed by atoms with Crippen LogP contribution < -0.4 is 5.32 Å². The third kappa shape index (κ3) is 2.53. The molecule has 0 amide bonds. The summed E-state index contributed by atoms with van der Waals surface area (Å²) in [5, 5.41) is 16.6. The van der Waals surface area contributed by atoms with Crippen LogP contribution in [0.4, 0.5) is 11.5 Å². The van der Waals surface area contributed by atoms with Gasteiger partial charge in [0, 0.05) is 23.8 Å². The molecule has 0 radical (unpaired) electrons. The summed E-state index contributed by atoms with van der Waals surface area (Å²) in [5.41, 5.74) is 3.70. The van der Waals surface area contributed by atoms with Gasteiger partial charge in [0.05, 0.1) is 11.0 Å². The monoisotopic (exact) mass is 352 g/mol. The number of fused-ring (bicyclic) bond motifs is 2. The fraction of sp³-hybridized carbons (Fsp3) is 0.278. The van der Waals surface area contributed by atoms with Gasteiger partial charge in [0.15, 0.2) is 11.0 Å². The van der Waals surface area contributed by atoms with Crippen molar-refractivity contribution in [2.45, 2.75) is 25.8 Å². The molecule has 126 valence electrons. The second kappa shape index (κ2) is 5.74. The molecule has 0 aliphatic heterocycles. The first-order chi connectivity index (χ1) is 12.3.